The van der Waals surface area contributed by atoms with Crippen LogP contribution in [0.1, 0.15) is 51.4 Å². The number of carbonyl (C=O) groups is 1. The molecule has 1 saturated heterocycles. The van der Waals surface area contributed by atoms with Crippen LogP contribution in [0.3, 0.4) is 0 Å². The molecule has 0 saturated carbocycles. The Morgan fingerprint density at radius 3 is 2.48 bits per heavy atom. The van der Waals surface area contributed by atoms with E-state index in [2.05, 4.69) is 19.8 Å². The number of esters is 1. The number of hydrogen-bond donors (Lipinski definition) is 0. The van der Waals surface area contributed by atoms with Gasteiger partial charge in [0.2, 0.25) is 5.95 Å². The van der Waals surface area contributed by atoms with E-state index in [1.165, 1.54) is 0 Å². The van der Waals surface area contributed by atoms with E-state index in [9.17, 15) is 4.79 Å². The molecule has 1 aliphatic rings. The number of hydrogen-bond acceptors (Lipinski definition) is 6. The second-order valence-electron chi connectivity index (χ2n) is 8.02. The molecule has 1 aromatic heterocycles. The summed E-state index contributed by atoms with van der Waals surface area (Å²) in [5.41, 5.74) is 1.58. The van der Waals surface area contributed by atoms with Crippen LogP contribution in [0.25, 0.3) is 0 Å². The smallest absolute Gasteiger partial charge is 0.320 e. The summed E-state index contributed by atoms with van der Waals surface area (Å²) in [6.07, 6.45) is 3.13. The first-order valence-corrected chi connectivity index (χ1v) is 9.13. The van der Waals surface area contributed by atoms with Gasteiger partial charge in [-0.2, -0.15) is 0 Å². The van der Waals surface area contributed by atoms with Gasteiger partial charge in [-0.15, -0.1) is 0 Å². The van der Waals surface area contributed by atoms with Crippen LogP contribution in [0.4, 0.5) is 5.95 Å². The highest BCUT2D eigenvalue weighted by atomic mass is 16.6. The van der Waals surface area contributed by atoms with E-state index in [1.54, 1.807) is 0 Å². The van der Waals surface area contributed by atoms with Crippen LogP contribution in [0.5, 0.6) is 0 Å². The maximum atomic E-state index is 12.1. The SMILES string of the molecule is Cc1cc(C)nc(N2CCCC(N(C)CC(=O)OC(C)(C)C)CC2)n1. The molecule has 1 unspecified atom stereocenters. The first-order valence-electron chi connectivity index (χ1n) is 9.13. The van der Waals surface area contributed by atoms with Crippen LogP contribution < -0.4 is 4.90 Å². The Hall–Kier alpha value is -1.69. The zero-order chi connectivity index (χ0) is 18.6. The van der Waals surface area contributed by atoms with Gasteiger partial charge in [0.15, 0.2) is 0 Å². The maximum Gasteiger partial charge on any atom is 0.320 e. The zero-order valence-corrected chi connectivity index (χ0v) is 16.5. The first kappa shape index (κ1) is 19.6. The van der Waals surface area contributed by atoms with Crippen molar-refractivity contribution in [2.45, 2.75) is 65.5 Å². The number of aromatic nitrogens is 2. The number of anilines is 1. The van der Waals surface area contributed by atoms with Crippen LogP contribution in [0, 0.1) is 13.8 Å². The van der Waals surface area contributed by atoms with E-state index < -0.39 is 5.60 Å². The molecule has 1 aromatic rings. The topological polar surface area (TPSA) is 58.6 Å². The molecule has 0 bridgehead atoms. The Bertz CT molecular complexity index is 577. The van der Waals surface area contributed by atoms with Gasteiger partial charge in [-0.25, -0.2) is 9.97 Å². The lowest BCUT2D eigenvalue weighted by Crippen LogP contribution is -2.39. The van der Waals surface area contributed by atoms with Crippen molar-refractivity contribution >= 4 is 11.9 Å². The van der Waals surface area contributed by atoms with Crippen LogP contribution in [0.2, 0.25) is 0 Å². The number of carbonyl (C=O) groups excluding carboxylic acids is 1. The molecule has 0 amide bonds. The molecule has 0 aliphatic carbocycles. The molecule has 6 nitrogen and oxygen atoms in total. The summed E-state index contributed by atoms with van der Waals surface area (Å²) in [4.78, 5) is 25.6. The molecule has 2 heterocycles. The highest BCUT2D eigenvalue weighted by molar-refractivity contribution is 5.72. The highest BCUT2D eigenvalue weighted by Crippen LogP contribution is 2.20. The third kappa shape index (κ3) is 6.27. The monoisotopic (exact) mass is 348 g/mol. The predicted octanol–water partition coefficient (Wildman–Crippen LogP) is 2.73. The van der Waals surface area contributed by atoms with E-state index in [1.807, 2.05) is 47.7 Å². The van der Waals surface area contributed by atoms with Gasteiger partial charge in [0.1, 0.15) is 5.60 Å². The molecule has 0 aromatic carbocycles. The van der Waals surface area contributed by atoms with Crippen molar-refractivity contribution in [1.82, 2.24) is 14.9 Å². The maximum absolute atomic E-state index is 12.1. The van der Waals surface area contributed by atoms with Crippen molar-refractivity contribution in [3.05, 3.63) is 17.5 Å². The van der Waals surface area contributed by atoms with Gasteiger partial charge < -0.3 is 9.64 Å². The standard InChI is InChI=1S/C19H32N4O2/c1-14-12-15(2)21-18(20-14)23-10-7-8-16(9-11-23)22(6)13-17(24)25-19(3,4)5/h12,16H,7-11,13H2,1-6H3. The number of nitrogens with zero attached hydrogens (tertiary/aromatic N) is 4. The third-order valence-corrected chi connectivity index (χ3v) is 4.37. The molecule has 1 aliphatic heterocycles. The molecule has 6 heteroatoms. The normalized spacial score (nSPS) is 19.0. The minimum absolute atomic E-state index is 0.159. The molecule has 140 valence electrons. The molecular formula is C19H32N4O2. The van der Waals surface area contributed by atoms with Crippen molar-refractivity contribution in [1.29, 1.82) is 0 Å². The van der Waals surface area contributed by atoms with E-state index in [4.69, 9.17) is 4.74 Å². The summed E-state index contributed by atoms with van der Waals surface area (Å²) in [6, 6.07) is 2.38. The molecule has 2 rings (SSSR count). The summed E-state index contributed by atoms with van der Waals surface area (Å²) in [5, 5.41) is 0. The van der Waals surface area contributed by atoms with Gasteiger partial charge in [0.05, 0.1) is 6.54 Å². The molecular weight excluding hydrogens is 316 g/mol. The number of likely N-dealkylation sites (N-methyl/N-ethyl adjacent to an activating group) is 1. The summed E-state index contributed by atoms with van der Waals surface area (Å²) < 4.78 is 5.44. The first-order chi connectivity index (χ1) is 11.6. The zero-order valence-electron chi connectivity index (χ0n) is 16.5. The molecule has 0 spiro atoms. The quantitative estimate of drug-likeness (QED) is 0.780. The molecule has 1 atom stereocenters. The summed E-state index contributed by atoms with van der Waals surface area (Å²) in [5.74, 6) is 0.668. The van der Waals surface area contributed by atoms with Crippen molar-refractivity contribution in [2.75, 3.05) is 31.6 Å². The van der Waals surface area contributed by atoms with Crippen molar-refractivity contribution in [2.24, 2.45) is 0 Å². The Kier molecular flexibility index (Phi) is 6.38. The van der Waals surface area contributed by atoms with Crippen molar-refractivity contribution in [3.8, 4) is 0 Å². The lowest BCUT2D eigenvalue weighted by Gasteiger charge is -2.28. The molecule has 0 radical (unpaired) electrons. The summed E-state index contributed by atoms with van der Waals surface area (Å²) in [7, 11) is 2.01. The average Bonchev–Trinajstić information content (AvgIpc) is 2.69. The van der Waals surface area contributed by atoms with Gasteiger partial charge in [-0.1, -0.05) is 0 Å². The Labute approximate surface area is 151 Å². The Morgan fingerprint density at radius 2 is 1.88 bits per heavy atom. The lowest BCUT2D eigenvalue weighted by molar-refractivity contribution is -0.156. The second-order valence-corrected chi connectivity index (χ2v) is 8.02. The van der Waals surface area contributed by atoms with Crippen molar-refractivity contribution in [3.63, 3.8) is 0 Å². The third-order valence-electron chi connectivity index (χ3n) is 4.37. The minimum atomic E-state index is -0.432. The Morgan fingerprint density at radius 1 is 1.24 bits per heavy atom. The predicted molar refractivity (Wildman–Crippen MR) is 99.8 cm³/mol. The second kappa shape index (κ2) is 8.13. The van der Waals surface area contributed by atoms with E-state index >= 15 is 0 Å². The lowest BCUT2D eigenvalue weighted by atomic mass is 10.1. The molecule has 1 fully saturated rings. The Balaban J connectivity index is 1.93. The van der Waals surface area contributed by atoms with Crippen molar-refractivity contribution < 1.29 is 9.53 Å². The van der Waals surface area contributed by atoms with Gasteiger partial charge in [0, 0.05) is 30.5 Å². The average molecular weight is 348 g/mol. The number of ether oxygens (including phenoxy) is 1. The van der Waals surface area contributed by atoms with Crippen LogP contribution in [-0.4, -0.2) is 59.2 Å². The largest absolute Gasteiger partial charge is 0.459 e. The van der Waals surface area contributed by atoms with E-state index in [0.29, 0.717) is 12.6 Å². The van der Waals surface area contributed by atoms with Gasteiger partial charge in [-0.3, -0.25) is 9.69 Å². The fraction of sp³-hybridized carbons (Fsp3) is 0.737. The van der Waals surface area contributed by atoms with Gasteiger partial charge in [0.25, 0.3) is 0 Å². The molecule has 0 N–H and O–H groups in total. The van der Waals surface area contributed by atoms with Crippen LogP contribution >= 0.6 is 0 Å². The van der Waals surface area contributed by atoms with Gasteiger partial charge >= 0.3 is 5.97 Å². The number of rotatable bonds is 4. The summed E-state index contributed by atoms with van der Waals surface area (Å²) in [6.45, 7) is 11.9. The summed E-state index contributed by atoms with van der Waals surface area (Å²) >= 11 is 0. The van der Waals surface area contributed by atoms with Crippen LogP contribution in [0.15, 0.2) is 6.07 Å². The van der Waals surface area contributed by atoms with E-state index in [-0.39, 0.29) is 5.97 Å². The fourth-order valence-corrected chi connectivity index (χ4v) is 3.27. The highest BCUT2D eigenvalue weighted by Gasteiger charge is 2.25. The van der Waals surface area contributed by atoms with Crippen LogP contribution in [-0.2, 0) is 9.53 Å². The minimum Gasteiger partial charge on any atom is -0.459 e. The number of aryl methyl sites for hydroxylation is 2. The molecule has 25 heavy (non-hydrogen) atoms. The van der Waals surface area contributed by atoms with Gasteiger partial charge in [-0.05, 0) is 67.0 Å². The van der Waals surface area contributed by atoms with E-state index in [0.717, 1.165) is 49.7 Å². The fourth-order valence-electron chi connectivity index (χ4n) is 3.27.